The third-order valence-corrected chi connectivity index (χ3v) is 6.67. The Bertz CT molecular complexity index is 862. The van der Waals surface area contributed by atoms with E-state index in [9.17, 15) is 13.2 Å². The zero-order chi connectivity index (χ0) is 18.6. The Kier molecular flexibility index (Phi) is 5.94. The summed E-state index contributed by atoms with van der Waals surface area (Å²) in [7, 11) is -1.79. The van der Waals surface area contributed by atoms with Gasteiger partial charge in [0.05, 0.1) is 23.9 Å². The van der Waals surface area contributed by atoms with Crippen LogP contribution in [-0.4, -0.2) is 66.0 Å². The molecule has 1 amide bonds. The molecule has 3 rings (SSSR count). The molecule has 1 fully saturated rings. The second kappa shape index (κ2) is 8.19. The fraction of sp³-hybridized carbons (Fsp3) is 0.438. The number of carbonyl (C=O) groups is 1. The van der Waals surface area contributed by atoms with Crippen LogP contribution in [0.3, 0.4) is 0 Å². The van der Waals surface area contributed by atoms with Crippen molar-refractivity contribution in [1.82, 2.24) is 19.7 Å². The molecule has 140 valence electrons. The first-order valence-corrected chi connectivity index (χ1v) is 10.8. The summed E-state index contributed by atoms with van der Waals surface area (Å²) in [6.07, 6.45) is 0. The fourth-order valence-corrected chi connectivity index (χ4v) is 4.67. The predicted molar refractivity (Wildman–Crippen MR) is 96.5 cm³/mol. The highest BCUT2D eigenvalue weighted by atomic mass is 32.2. The van der Waals surface area contributed by atoms with Crippen molar-refractivity contribution >= 4 is 27.5 Å². The Hall–Kier alpha value is -1.91. The highest BCUT2D eigenvalue weighted by molar-refractivity contribution is 7.99. The number of amides is 1. The average molecular weight is 396 g/mol. The molecule has 0 N–H and O–H groups in total. The Labute approximate surface area is 156 Å². The molecule has 0 radical (unpaired) electrons. The number of sulfone groups is 1. The average Bonchev–Trinajstić information content (AvgIpc) is 3.00. The van der Waals surface area contributed by atoms with Crippen LogP contribution in [-0.2, 0) is 32.2 Å². The van der Waals surface area contributed by atoms with E-state index >= 15 is 0 Å². The number of morpholine rings is 1. The third kappa shape index (κ3) is 4.43. The fourth-order valence-electron chi connectivity index (χ4n) is 2.51. The van der Waals surface area contributed by atoms with Crippen molar-refractivity contribution in [1.29, 1.82) is 0 Å². The summed E-state index contributed by atoms with van der Waals surface area (Å²) in [4.78, 5) is 14.2. The number of aromatic nitrogens is 3. The highest BCUT2D eigenvalue weighted by Gasteiger charge is 2.21. The minimum atomic E-state index is -3.49. The number of hydrogen-bond acceptors (Lipinski definition) is 7. The van der Waals surface area contributed by atoms with Gasteiger partial charge >= 0.3 is 0 Å². The molecule has 0 aliphatic carbocycles. The van der Waals surface area contributed by atoms with Crippen LogP contribution in [0.4, 0.5) is 0 Å². The van der Waals surface area contributed by atoms with Crippen LogP contribution < -0.4 is 0 Å². The van der Waals surface area contributed by atoms with E-state index in [4.69, 9.17) is 4.74 Å². The van der Waals surface area contributed by atoms with Gasteiger partial charge in [-0.1, -0.05) is 30.0 Å². The Balaban J connectivity index is 1.63. The number of nitrogens with zero attached hydrogens (tertiary/aromatic N) is 4. The van der Waals surface area contributed by atoms with Crippen molar-refractivity contribution in [3.05, 3.63) is 36.2 Å². The molecule has 1 aromatic heterocycles. The maximum atomic E-state index is 12.5. The SMILES string of the molecule is Cn1c(CS(=O)(=O)c2ccccc2)nnc1SCC(=O)N1CCOCC1. The lowest BCUT2D eigenvalue weighted by Gasteiger charge is -2.26. The van der Waals surface area contributed by atoms with Crippen LogP contribution in [0.5, 0.6) is 0 Å². The Morgan fingerprint density at radius 1 is 1.19 bits per heavy atom. The number of thioether (sulfide) groups is 1. The van der Waals surface area contributed by atoms with E-state index in [1.807, 2.05) is 0 Å². The van der Waals surface area contributed by atoms with Gasteiger partial charge in [-0.05, 0) is 12.1 Å². The van der Waals surface area contributed by atoms with E-state index < -0.39 is 9.84 Å². The molecule has 0 saturated carbocycles. The van der Waals surface area contributed by atoms with Crippen molar-refractivity contribution in [2.24, 2.45) is 7.05 Å². The van der Waals surface area contributed by atoms with Crippen molar-refractivity contribution in [2.75, 3.05) is 32.1 Å². The molecular weight excluding hydrogens is 376 g/mol. The van der Waals surface area contributed by atoms with Gasteiger partial charge in [-0.25, -0.2) is 8.42 Å². The van der Waals surface area contributed by atoms with E-state index in [1.54, 1.807) is 46.8 Å². The van der Waals surface area contributed by atoms with Gasteiger partial charge in [0, 0.05) is 20.1 Å². The lowest BCUT2D eigenvalue weighted by Crippen LogP contribution is -2.41. The maximum Gasteiger partial charge on any atom is 0.233 e. The molecule has 0 bridgehead atoms. The molecule has 0 spiro atoms. The number of ether oxygens (including phenoxy) is 1. The molecule has 0 unspecified atom stereocenters. The lowest BCUT2D eigenvalue weighted by molar-refractivity contribution is -0.132. The van der Waals surface area contributed by atoms with Gasteiger partial charge in [-0.3, -0.25) is 4.79 Å². The van der Waals surface area contributed by atoms with Gasteiger partial charge in [-0.15, -0.1) is 10.2 Å². The first-order valence-electron chi connectivity index (χ1n) is 8.12. The van der Waals surface area contributed by atoms with Gasteiger partial charge in [0.15, 0.2) is 15.0 Å². The quantitative estimate of drug-likeness (QED) is 0.665. The zero-order valence-electron chi connectivity index (χ0n) is 14.4. The maximum absolute atomic E-state index is 12.5. The van der Waals surface area contributed by atoms with E-state index in [2.05, 4.69) is 10.2 Å². The molecule has 1 aliphatic heterocycles. The second-order valence-corrected chi connectivity index (χ2v) is 8.74. The van der Waals surface area contributed by atoms with Gasteiger partial charge in [0.2, 0.25) is 5.91 Å². The minimum Gasteiger partial charge on any atom is -0.378 e. The zero-order valence-corrected chi connectivity index (χ0v) is 16.0. The van der Waals surface area contributed by atoms with Crippen LogP contribution in [0.1, 0.15) is 5.82 Å². The molecule has 2 heterocycles. The van der Waals surface area contributed by atoms with Crippen LogP contribution in [0.2, 0.25) is 0 Å². The summed E-state index contributed by atoms with van der Waals surface area (Å²) < 4.78 is 31.8. The molecule has 1 saturated heterocycles. The molecule has 0 atom stereocenters. The highest BCUT2D eigenvalue weighted by Crippen LogP contribution is 2.20. The summed E-state index contributed by atoms with van der Waals surface area (Å²) in [6, 6.07) is 8.25. The van der Waals surface area contributed by atoms with Crippen LogP contribution in [0, 0.1) is 0 Å². The van der Waals surface area contributed by atoms with E-state index in [-0.39, 0.29) is 22.3 Å². The first kappa shape index (κ1) is 18.9. The van der Waals surface area contributed by atoms with Crippen molar-refractivity contribution in [2.45, 2.75) is 15.8 Å². The standard InChI is InChI=1S/C16H20N4O4S2/c1-19-14(12-26(22,23)13-5-3-2-4-6-13)17-18-16(19)25-11-15(21)20-7-9-24-10-8-20/h2-6H,7-12H2,1H3. The molecule has 10 heteroatoms. The number of hydrogen-bond donors (Lipinski definition) is 0. The Morgan fingerprint density at radius 2 is 1.88 bits per heavy atom. The van der Waals surface area contributed by atoms with E-state index in [0.29, 0.717) is 37.3 Å². The summed E-state index contributed by atoms with van der Waals surface area (Å²) in [5.41, 5.74) is 0. The number of benzene rings is 1. The topological polar surface area (TPSA) is 94.4 Å². The van der Waals surface area contributed by atoms with Crippen LogP contribution in [0.25, 0.3) is 0 Å². The molecule has 1 aliphatic rings. The largest absolute Gasteiger partial charge is 0.378 e. The van der Waals surface area contributed by atoms with Crippen LogP contribution in [0.15, 0.2) is 40.4 Å². The molecule has 1 aromatic carbocycles. The van der Waals surface area contributed by atoms with Gasteiger partial charge in [-0.2, -0.15) is 0 Å². The third-order valence-electron chi connectivity index (χ3n) is 4.04. The van der Waals surface area contributed by atoms with E-state index in [1.165, 1.54) is 11.8 Å². The van der Waals surface area contributed by atoms with Gasteiger partial charge in [0.1, 0.15) is 11.6 Å². The summed E-state index contributed by atoms with van der Waals surface area (Å²) >= 11 is 1.25. The number of rotatable bonds is 6. The second-order valence-electron chi connectivity index (χ2n) is 5.81. The van der Waals surface area contributed by atoms with Crippen LogP contribution >= 0.6 is 11.8 Å². The lowest BCUT2D eigenvalue weighted by atomic mass is 10.4. The molecule has 8 nitrogen and oxygen atoms in total. The minimum absolute atomic E-state index is 0.0137. The monoisotopic (exact) mass is 396 g/mol. The normalized spacial score (nSPS) is 15.2. The predicted octanol–water partition coefficient (Wildman–Crippen LogP) is 0.740. The van der Waals surface area contributed by atoms with Gasteiger partial charge < -0.3 is 14.2 Å². The van der Waals surface area contributed by atoms with Crippen molar-refractivity contribution < 1.29 is 17.9 Å². The summed E-state index contributed by atoms with van der Waals surface area (Å²) in [5, 5.41) is 8.53. The van der Waals surface area contributed by atoms with Crippen molar-refractivity contribution in [3.63, 3.8) is 0 Å². The van der Waals surface area contributed by atoms with Gasteiger partial charge in [0.25, 0.3) is 0 Å². The smallest absolute Gasteiger partial charge is 0.233 e. The van der Waals surface area contributed by atoms with E-state index in [0.717, 1.165) is 0 Å². The molecule has 26 heavy (non-hydrogen) atoms. The number of carbonyl (C=O) groups excluding carboxylic acids is 1. The molecular formula is C16H20N4O4S2. The first-order chi connectivity index (χ1) is 12.5. The Morgan fingerprint density at radius 3 is 2.58 bits per heavy atom. The summed E-state index contributed by atoms with van der Waals surface area (Å²) in [5.74, 6) is 0.352. The van der Waals surface area contributed by atoms with Crippen molar-refractivity contribution in [3.8, 4) is 0 Å². The molecule has 2 aromatic rings. The summed E-state index contributed by atoms with van der Waals surface area (Å²) in [6.45, 7) is 2.31.